The van der Waals surface area contributed by atoms with Crippen molar-refractivity contribution in [2.45, 2.75) is 13.1 Å². The zero-order valence-electron chi connectivity index (χ0n) is 10.3. The van der Waals surface area contributed by atoms with Crippen molar-refractivity contribution < 1.29 is 9.15 Å². The van der Waals surface area contributed by atoms with Gasteiger partial charge in [-0.1, -0.05) is 0 Å². The van der Waals surface area contributed by atoms with Gasteiger partial charge in [-0.05, 0) is 12.1 Å². The minimum Gasteiger partial charge on any atom is -0.472 e. The summed E-state index contributed by atoms with van der Waals surface area (Å²) in [6, 6.07) is 5.22. The highest BCUT2D eigenvalue weighted by atomic mass is 16.5. The van der Waals surface area contributed by atoms with Crippen LogP contribution in [0, 0.1) is 0 Å². The highest BCUT2D eigenvalue weighted by molar-refractivity contribution is 5.40. The second-order valence-corrected chi connectivity index (χ2v) is 3.93. The van der Waals surface area contributed by atoms with Gasteiger partial charge in [0.05, 0.1) is 24.8 Å². The zero-order valence-corrected chi connectivity index (χ0v) is 10.3. The average Bonchev–Trinajstić information content (AvgIpc) is 2.89. The summed E-state index contributed by atoms with van der Waals surface area (Å²) in [6.45, 7) is 1.74. The van der Waals surface area contributed by atoms with E-state index in [0.29, 0.717) is 19.7 Å². The summed E-state index contributed by atoms with van der Waals surface area (Å²) in [5, 5.41) is 3.23. The first kappa shape index (κ1) is 12.4. The van der Waals surface area contributed by atoms with E-state index in [1.807, 2.05) is 6.07 Å². The first-order valence-electron chi connectivity index (χ1n) is 5.74. The molecular formula is C13H16N2O3. The van der Waals surface area contributed by atoms with Crippen LogP contribution >= 0.6 is 0 Å². The van der Waals surface area contributed by atoms with Gasteiger partial charge in [-0.15, -0.1) is 0 Å². The van der Waals surface area contributed by atoms with Crippen molar-refractivity contribution in [1.29, 1.82) is 0 Å². The number of hydrogen-bond acceptors (Lipinski definition) is 4. The van der Waals surface area contributed by atoms with Crippen LogP contribution in [0.25, 0.3) is 0 Å². The smallest absolute Gasteiger partial charge is 0.250 e. The van der Waals surface area contributed by atoms with Gasteiger partial charge in [-0.2, -0.15) is 0 Å². The molecule has 0 atom stereocenters. The summed E-state index contributed by atoms with van der Waals surface area (Å²) in [4.78, 5) is 11.6. The molecule has 18 heavy (non-hydrogen) atoms. The molecule has 5 heteroatoms. The maximum atomic E-state index is 11.6. The normalized spacial score (nSPS) is 10.5. The molecule has 1 N–H and O–H groups in total. The molecule has 5 nitrogen and oxygen atoms in total. The molecule has 0 aliphatic carbocycles. The van der Waals surface area contributed by atoms with Crippen molar-refractivity contribution in [3.05, 3.63) is 52.8 Å². The van der Waals surface area contributed by atoms with Gasteiger partial charge in [0.1, 0.15) is 0 Å². The molecule has 0 spiro atoms. The van der Waals surface area contributed by atoms with E-state index in [2.05, 4.69) is 5.32 Å². The molecule has 0 fully saturated rings. The first-order valence-corrected chi connectivity index (χ1v) is 5.74. The molecule has 2 aromatic rings. The highest BCUT2D eigenvalue weighted by Crippen LogP contribution is 2.07. The highest BCUT2D eigenvalue weighted by Gasteiger charge is 1.99. The summed E-state index contributed by atoms with van der Waals surface area (Å²) in [5.41, 5.74) is 1.93. The Hall–Kier alpha value is -2.01. The van der Waals surface area contributed by atoms with Gasteiger partial charge in [0, 0.05) is 38.0 Å². The second kappa shape index (κ2) is 6.07. The fourth-order valence-electron chi connectivity index (χ4n) is 1.60. The van der Waals surface area contributed by atoms with Crippen LogP contribution in [0.5, 0.6) is 0 Å². The van der Waals surface area contributed by atoms with E-state index >= 15 is 0 Å². The standard InChI is InChI=1S/C13H16N2O3/c1-17-7-5-15-9-12(2-3-13(15)16)14-8-11-4-6-18-10-11/h2-4,6,9-10,14H,5,7-8H2,1H3. The van der Waals surface area contributed by atoms with E-state index < -0.39 is 0 Å². The third kappa shape index (κ3) is 3.24. The number of furan rings is 1. The average molecular weight is 248 g/mol. The van der Waals surface area contributed by atoms with Crippen molar-refractivity contribution in [1.82, 2.24) is 4.57 Å². The molecule has 2 rings (SSSR count). The predicted octanol–water partition coefficient (Wildman–Crippen LogP) is 1.70. The van der Waals surface area contributed by atoms with E-state index in [0.717, 1.165) is 11.3 Å². The van der Waals surface area contributed by atoms with E-state index in [4.69, 9.17) is 9.15 Å². The van der Waals surface area contributed by atoms with Gasteiger partial charge < -0.3 is 19.0 Å². The molecule has 0 aliphatic rings. The summed E-state index contributed by atoms with van der Waals surface area (Å²) in [7, 11) is 1.62. The number of methoxy groups -OCH3 is 1. The van der Waals surface area contributed by atoms with Gasteiger partial charge in [0.25, 0.3) is 5.56 Å². The van der Waals surface area contributed by atoms with E-state index in [9.17, 15) is 4.79 Å². The van der Waals surface area contributed by atoms with Gasteiger partial charge in [0.15, 0.2) is 0 Å². The molecule has 0 bridgehead atoms. The SMILES string of the molecule is COCCn1cc(NCc2ccoc2)ccc1=O. The lowest BCUT2D eigenvalue weighted by atomic mass is 10.3. The maximum Gasteiger partial charge on any atom is 0.250 e. The maximum absolute atomic E-state index is 11.6. The van der Waals surface area contributed by atoms with Crippen molar-refractivity contribution >= 4 is 5.69 Å². The molecule has 0 radical (unpaired) electrons. The largest absolute Gasteiger partial charge is 0.472 e. The van der Waals surface area contributed by atoms with Crippen LogP contribution in [0.4, 0.5) is 5.69 Å². The molecule has 0 saturated carbocycles. The number of anilines is 1. The van der Waals surface area contributed by atoms with Crippen LogP contribution in [0.1, 0.15) is 5.56 Å². The Morgan fingerprint density at radius 3 is 3.00 bits per heavy atom. The summed E-state index contributed by atoms with van der Waals surface area (Å²) < 4.78 is 11.6. The third-order valence-electron chi connectivity index (χ3n) is 2.60. The Kier molecular flexibility index (Phi) is 4.20. The number of pyridine rings is 1. The second-order valence-electron chi connectivity index (χ2n) is 3.93. The van der Waals surface area contributed by atoms with Crippen LogP contribution < -0.4 is 10.9 Å². The molecular weight excluding hydrogens is 232 g/mol. The third-order valence-corrected chi connectivity index (χ3v) is 2.60. The van der Waals surface area contributed by atoms with Crippen LogP contribution in [0.15, 0.2) is 46.1 Å². The van der Waals surface area contributed by atoms with Gasteiger partial charge in [0.2, 0.25) is 0 Å². The lowest BCUT2D eigenvalue weighted by molar-refractivity contribution is 0.186. The Morgan fingerprint density at radius 2 is 2.28 bits per heavy atom. The number of nitrogens with zero attached hydrogens (tertiary/aromatic N) is 1. The van der Waals surface area contributed by atoms with Gasteiger partial charge >= 0.3 is 0 Å². The van der Waals surface area contributed by atoms with Crippen LogP contribution in [0.3, 0.4) is 0 Å². The van der Waals surface area contributed by atoms with Crippen LogP contribution in [-0.2, 0) is 17.8 Å². The molecule has 2 heterocycles. The Morgan fingerprint density at radius 1 is 1.39 bits per heavy atom. The summed E-state index contributed by atoms with van der Waals surface area (Å²) in [6.07, 6.45) is 5.12. The van der Waals surface area contributed by atoms with Crippen molar-refractivity contribution in [3.63, 3.8) is 0 Å². The van der Waals surface area contributed by atoms with Gasteiger partial charge in [-0.25, -0.2) is 0 Å². The Balaban J connectivity index is 2.02. The lowest BCUT2D eigenvalue weighted by Crippen LogP contribution is -2.21. The predicted molar refractivity (Wildman–Crippen MR) is 68.6 cm³/mol. The number of nitrogens with one attached hydrogen (secondary N) is 1. The van der Waals surface area contributed by atoms with Crippen molar-refractivity contribution in [2.24, 2.45) is 0 Å². The van der Waals surface area contributed by atoms with Crippen LogP contribution in [-0.4, -0.2) is 18.3 Å². The Bertz CT molecular complexity index is 531. The quantitative estimate of drug-likeness (QED) is 0.845. The van der Waals surface area contributed by atoms with E-state index in [-0.39, 0.29) is 5.56 Å². The van der Waals surface area contributed by atoms with E-state index in [1.54, 1.807) is 42.5 Å². The molecule has 0 aromatic carbocycles. The van der Waals surface area contributed by atoms with Crippen molar-refractivity contribution in [2.75, 3.05) is 19.0 Å². The number of aromatic nitrogens is 1. The summed E-state index contributed by atoms with van der Waals surface area (Å²) in [5.74, 6) is 0. The van der Waals surface area contributed by atoms with Crippen LogP contribution in [0.2, 0.25) is 0 Å². The van der Waals surface area contributed by atoms with Gasteiger partial charge in [-0.3, -0.25) is 4.79 Å². The minimum atomic E-state index is -0.0269. The fourth-order valence-corrected chi connectivity index (χ4v) is 1.60. The molecule has 0 saturated heterocycles. The number of ether oxygens (including phenoxy) is 1. The van der Waals surface area contributed by atoms with Crippen molar-refractivity contribution in [3.8, 4) is 0 Å². The first-order chi connectivity index (χ1) is 8.79. The monoisotopic (exact) mass is 248 g/mol. The zero-order chi connectivity index (χ0) is 12.8. The summed E-state index contributed by atoms with van der Waals surface area (Å²) >= 11 is 0. The molecule has 0 unspecified atom stereocenters. The lowest BCUT2D eigenvalue weighted by Gasteiger charge is -2.09. The number of rotatable bonds is 6. The van der Waals surface area contributed by atoms with E-state index in [1.165, 1.54) is 0 Å². The fraction of sp³-hybridized carbons (Fsp3) is 0.308. The molecule has 2 aromatic heterocycles. The molecule has 0 amide bonds. The Labute approximate surface area is 105 Å². The molecule has 0 aliphatic heterocycles. The minimum absolute atomic E-state index is 0.0269. The topological polar surface area (TPSA) is 56.4 Å². The number of hydrogen-bond donors (Lipinski definition) is 1. The molecule has 96 valence electrons.